The highest BCUT2D eigenvalue weighted by Gasteiger charge is 2.08. The Balaban J connectivity index is 2.46. The van der Waals surface area contributed by atoms with Crippen LogP contribution in [0.1, 0.15) is 25.5 Å². The standard InChI is InChI=1S/C11H16FN3O/c1-3-14-11(16)7-15-8(2)9-4-10(12)6-13-5-9/h4-6,8,15H,3,7H2,1-2H3,(H,14,16). The second kappa shape index (κ2) is 6.17. The van der Waals surface area contributed by atoms with Crippen LogP contribution in [-0.2, 0) is 4.79 Å². The van der Waals surface area contributed by atoms with Gasteiger partial charge in [-0.1, -0.05) is 0 Å². The number of hydrogen-bond donors (Lipinski definition) is 2. The van der Waals surface area contributed by atoms with Gasteiger partial charge in [0.15, 0.2) is 0 Å². The first-order valence-corrected chi connectivity index (χ1v) is 5.24. The molecule has 0 bridgehead atoms. The molecule has 4 nitrogen and oxygen atoms in total. The molecule has 0 saturated carbocycles. The Hall–Kier alpha value is -1.49. The lowest BCUT2D eigenvalue weighted by Gasteiger charge is -2.13. The van der Waals surface area contributed by atoms with Gasteiger partial charge in [-0.3, -0.25) is 9.78 Å². The number of nitrogens with one attached hydrogen (secondary N) is 2. The zero-order valence-corrected chi connectivity index (χ0v) is 9.46. The molecule has 0 aliphatic carbocycles. The van der Waals surface area contributed by atoms with E-state index in [9.17, 15) is 9.18 Å². The number of amides is 1. The van der Waals surface area contributed by atoms with Gasteiger partial charge in [0.2, 0.25) is 5.91 Å². The fourth-order valence-electron chi connectivity index (χ4n) is 1.29. The molecular weight excluding hydrogens is 209 g/mol. The average molecular weight is 225 g/mol. The van der Waals surface area contributed by atoms with Crippen LogP contribution in [-0.4, -0.2) is 24.0 Å². The highest BCUT2D eigenvalue weighted by Crippen LogP contribution is 2.11. The first-order chi connectivity index (χ1) is 7.63. The number of rotatable bonds is 5. The van der Waals surface area contributed by atoms with E-state index in [1.165, 1.54) is 6.07 Å². The Morgan fingerprint density at radius 2 is 2.31 bits per heavy atom. The van der Waals surface area contributed by atoms with E-state index in [0.717, 1.165) is 11.8 Å². The molecule has 1 amide bonds. The summed E-state index contributed by atoms with van der Waals surface area (Å²) >= 11 is 0. The van der Waals surface area contributed by atoms with Crippen molar-refractivity contribution >= 4 is 5.91 Å². The Labute approximate surface area is 94.3 Å². The van der Waals surface area contributed by atoms with Crippen molar-refractivity contribution in [3.8, 4) is 0 Å². The highest BCUT2D eigenvalue weighted by atomic mass is 19.1. The molecule has 1 aromatic heterocycles. The first-order valence-electron chi connectivity index (χ1n) is 5.24. The summed E-state index contributed by atoms with van der Waals surface area (Å²) in [7, 11) is 0. The summed E-state index contributed by atoms with van der Waals surface area (Å²) in [6, 6.07) is 1.30. The second-order valence-electron chi connectivity index (χ2n) is 3.49. The van der Waals surface area contributed by atoms with Crippen molar-refractivity contribution in [2.24, 2.45) is 0 Å². The van der Waals surface area contributed by atoms with Gasteiger partial charge in [0.25, 0.3) is 0 Å². The van der Waals surface area contributed by atoms with E-state index in [1.807, 2.05) is 13.8 Å². The van der Waals surface area contributed by atoms with E-state index < -0.39 is 0 Å². The van der Waals surface area contributed by atoms with Crippen molar-refractivity contribution in [3.63, 3.8) is 0 Å². The Morgan fingerprint density at radius 3 is 2.94 bits per heavy atom. The van der Waals surface area contributed by atoms with Crippen LogP contribution in [0.2, 0.25) is 0 Å². The quantitative estimate of drug-likeness (QED) is 0.786. The fraction of sp³-hybridized carbons (Fsp3) is 0.455. The van der Waals surface area contributed by atoms with Crippen LogP contribution in [0.4, 0.5) is 4.39 Å². The molecule has 0 saturated heterocycles. The number of hydrogen-bond acceptors (Lipinski definition) is 3. The predicted molar refractivity (Wildman–Crippen MR) is 59.3 cm³/mol. The number of carbonyl (C=O) groups is 1. The highest BCUT2D eigenvalue weighted by molar-refractivity contribution is 5.77. The molecule has 2 N–H and O–H groups in total. The minimum atomic E-state index is -0.371. The molecule has 1 unspecified atom stereocenters. The zero-order chi connectivity index (χ0) is 12.0. The third kappa shape index (κ3) is 3.94. The van der Waals surface area contributed by atoms with Gasteiger partial charge in [-0.25, -0.2) is 4.39 Å². The Bertz CT molecular complexity index is 357. The number of nitrogens with zero attached hydrogens (tertiary/aromatic N) is 1. The number of likely N-dealkylation sites (N-methyl/N-ethyl adjacent to an activating group) is 1. The molecule has 1 atom stereocenters. The van der Waals surface area contributed by atoms with E-state index in [1.54, 1.807) is 6.20 Å². The molecule has 0 aromatic carbocycles. The van der Waals surface area contributed by atoms with Gasteiger partial charge in [-0.2, -0.15) is 0 Å². The smallest absolute Gasteiger partial charge is 0.233 e. The third-order valence-electron chi connectivity index (χ3n) is 2.17. The van der Waals surface area contributed by atoms with Crippen LogP contribution < -0.4 is 10.6 Å². The van der Waals surface area contributed by atoms with Gasteiger partial charge in [0, 0.05) is 18.8 Å². The Morgan fingerprint density at radius 1 is 1.56 bits per heavy atom. The molecule has 1 aromatic rings. The van der Waals surface area contributed by atoms with Gasteiger partial charge >= 0.3 is 0 Å². The summed E-state index contributed by atoms with van der Waals surface area (Å²) in [5.41, 5.74) is 0.726. The van der Waals surface area contributed by atoms with E-state index in [2.05, 4.69) is 15.6 Å². The van der Waals surface area contributed by atoms with Crippen LogP contribution in [0, 0.1) is 5.82 Å². The maximum atomic E-state index is 12.9. The van der Waals surface area contributed by atoms with Gasteiger partial charge < -0.3 is 10.6 Å². The van der Waals surface area contributed by atoms with Gasteiger partial charge in [0.05, 0.1) is 12.7 Å². The second-order valence-corrected chi connectivity index (χ2v) is 3.49. The molecule has 88 valence electrons. The van der Waals surface area contributed by atoms with Gasteiger partial charge in [-0.15, -0.1) is 0 Å². The monoisotopic (exact) mass is 225 g/mol. The first kappa shape index (κ1) is 12.6. The van der Waals surface area contributed by atoms with E-state index >= 15 is 0 Å². The maximum absolute atomic E-state index is 12.9. The molecule has 0 radical (unpaired) electrons. The largest absolute Gasteiger partial charge is 0.355 e. The minimum Gasteiger partial charge on any atom is -0.355 e. The van der Waals surface area contributed by atoms with Crippen LogP contribution in [0.3, 0.4) is 0 Å². The topological polar surface area (TPSA) is 54.0 Å². The van der Waals surface area contributed by atoms with Crippen LogP contribution in [0.15, 0.2) is 18.5 Å². The molecule has 5 heteroatoms. The van der Waals surface area contributed by atoms with Crippen LogP contribution in [0.5, 0.6) is 0 Å². The van der Waals surface area contributed by atoms with Crippen molar-refractivity contribution in [2.75, 3.05) is 13.1 Å². The molecule has 1 rings (SSSR count). The number of halogens is 1. The molecule has 0 aliphatic heterocycles. The normalized spacial score (nSPS) is 12.2. The predicted octanol–water partition coefficient (Wildman–Crippen LogP) is 1.01. The maximum Gasteiger partial charge on any atom is 0.233 e. The lowest BCUT2D eigenvalue weighted by molar-refractivity contribution is -0.120. The molecule has 1 heterocycles. The molecule has 16 heavy (non-hydrogen) atoms. The van der Waals surface area contributed by atoms with Crippen molar-refractivity contribution < 1.29 is 9.18 Å². The summed E-state index contributed by atoms with van der Waals surface area (Å²) in [5.74, 6) is -0.442. The van der Waals surface area contributed by atoms with Gasteiger partial charge in [0.1, 0.15) is 5.82 Å². The van der Waals surface area contributed by atoms with Crippen LogP contribution in [0.25, 0.3) is 0 Å². The van der Waals surface area contributed by atoms with Crippen molar-refractivity contribution in [1.82, 2.24) is 15.6 Å². The average Bonchev–Trinajstić information content (AvgIpc) is 2.26. The molecule has 0 aliphatic rings. The third-order valence-corrected chi connectivity index (χ3v) is 2.17. The van der Waals surface area contributed by atoms with E-state index in [-0.39, 0.29) is 24.3 Å². The summed E-state index contributed by atoms with van der Waals surface area (Å²) in [5, 5.41) is 5.66. The molecular formula is C11H16FN3O. The molecule has 0 spiro atoms. The zero-order valence-electron chi connectivity index (χ0n) is 9.46. The lowest BCUT2D eigenvalue weighted by atomic mass is 10.1. The Kier molecular flexibility index (Phi) is 4.85. The number of aromatic nitrogens is 1. The van der Waals surface area contributed by atoms with Crippen molar-refractivity contribution in [3.05, 3.63) is 29.8 Å². The molecule has 0 fully saturated rings. The van der Waals surface area contributed by atoms with E-state index in [4.69, 9.17) is 0 Å². The van der Waals surface area contributed by atoms with Crippen molar-refractivity contribution in [1.29, 1.82) is 0 Å². The summed E-state index contributed by atoms with van der Waals surface area (Å²) in [6.07, 6.45) is 2.73. The number of pyridine rings is 1. The van der Waals surface area contributed by atoms with E-state index in [0.29, 0.717) is 6.54 Å². The lowest BCUT2D eigenvalue weighted by Crippen LogP contribution is -2.34. The fourth-order valence-corrected chi connectivity index (χ4v) is 1.29. The van der Waals surface area contributed by atoms with Crippen LogP contribution >= 0.6 is 0 Å². The SMILES string of the molecule is CCNC(=O)CNC(C)c1cncc(F)c1. The van der Waals surface area contributed by atoms with Gasteiger partial charge in [-0.05, 0) is 25.5 Å². The summed E-state index contributed by atoms with van der Waals surface area (Å²) in [4.78, 5) is 14.9. The summed E-state index contributed by atoms with van der Waals surface area (Å²) < 4.78 is 12.9. The minimum absolute atomic E-state index is 0.0706. The van der Waals surface area contributed by atoms with Crippen molar-refractivity contribution in [2.45, 2.75) is 19.9 Å². The number of carbonyl (C=O) groups excluding carboxylic acids is 1. The summed E-state index contributed by atoms with van der Waals surface area (Å²) in [6.45, 7) is 4.54.